The van der Waals surface area contributed by atoms with E-state index in [0.717, 1.165) is 17.1 Å². The van der Waals surface area contributed by atoms with E-state index in [-0.39, 0.29) is 11.9 Å². The number of benzene rings is 2. The number of carbonyl (C=O) groups is 1. The zero-order chi connectivity index (χ0) is 13.9. The molecule has 0 saturated carbocycles. The van der Waals surface area contributed by atoms with Crippen LogP contribution in [0.2, 0.25) is 0 Å². The highest BCUT2D eigenvalue weighted by atomic mass is 16.2. The molecule has 2 aromatic carbocycles. The lowest BCUT2D eigenvalue weighted by atomic mass is 10.1. The lowest BCUT2D eigenvalue weighted by Gasteiger charge is -2.27. The zero-order valence-electron chi connectivity index (χ0n) is 11.3. The molecule has 1 amide bonds. The largest absolute Gasteiger partial charge is 0.381 e. The Labute approximate surface area is 118 Å². The Hall–Kier alpha value is -2.49. The number of para-hydroxylation sites is 2. The van der Waals surface area contributed by atoms with Gasteiger partial charge in [-0.05, 0) is 31.2 Å². The summed E-state index contributed by atoms with van der Waals surface area (Å²) < 4.78 is 0. The average Bonchev–Trinajstić information content (AvgIpc) is 2.49. The minimum absolute atomic E-state index is 0.0316. The summed E-state index contributed by atoms with van der Waals surface area (Å²) in [6.07, 6.45) is 0. The molecule has 2 aromatic rings. The first-order chi connectivity index (χ1) is 9.72. The Bertz CT molecular complexity index is 622. The van der Waals surface area contributed by atoms with Crippen molar-refractivity contribution in [1.82, 2.24) is 0 Å². The molecule has 0 saturated heterocycles. The lowest BCUT2D eigenvalue weighted by Crippen LogP contribution is -2.42. The van der Waals surface area contributed by atoms with Gasteiger partial charge < -0.3 is 16.0 Å². The van der Waals surface area contributed by atoms with Crippen molar-refractivity contribution >= 4 is 23.0 Å². The van der Waals surface area contributed by atoms with Crippen molar-refractivity contribution in [3.63, 3.8) is 0 Å². The van der Waals surface area contributed by atoms with Crippen LogP contribution in [0.1, 0.15) is 5.56 Å². The van der Waals surface area contributed by atoms with Gasteiger partial charge >= 0.3 is 0 Å². The minimum Gasteiger partial charge on any atom is -0.381 e. The van der Waals surface area contributed by atoms with Gasteiger partial charge in [0.1, 0.15) is 6.04 Å². The third-order valence-electron chi connectivity index (χ3n) is 3.39. The molecular formula is C16H17N3O. The van der Waals surface area contributed by atoms with Gasteiger partial charge in [-0.15, -0.1) is 0 Å². The maximum absolute atomic E-state index is 12.2. The molecule has 3 rings (SSSR count). The van der Waals surface area contributed by atoms with Gasteiger partial charge in [-0.1, -0.05) is 29.8 Å². The Morgan fingerprint density at radius 3 is 2.55 bits per heavy atom. The van der Waals surface area contributed by atoms with Crippen LogP contribution in [0.25, 0.3) is 0 Å². The molecule has 0 spiro atoms. The van der Waals surface area contributed by atoms with Gasteiger partial charge in [0.2, 0.25) is 5.91 Å². The molecule has 3 N–H and O–H groups in total. The zero-order valence-corrected chi connectivity index (χ0v) is 11.3. The van der Waals surface area contributed by atoms with Crippen LogP contribution in [-0.4, -0.2) is 18.5 Å². The van der Waals surface area contributed by atoms with Gasteiger partial charge in [-0.3, -0.25) is 4.79 Å². The highest BCUT2D eigenvalue weighted by Gasteiger charge is 2.23. The molecule has 0 fully saturated rings. The smallest absolute Gasteiger partial charge is 0.248 e. The van der Waals surface area contributed by atoms with Crippen molar-refractivity contribution in [3.05, 3.63) is 54.1 Å². The summed E-state index contributed by atoms with van der Waals surface area (Å²) in [4.78, 5) is 12.2. The molecule has 1 atom stereocenters. The van der Waals surface area contributed by atoms with Crippen molar-refractivity contribution in [2.45, 2.75) is 13.0 Å². The minimum atomic E-state index is -0.272. The summed E-state index contributed by atoms with van der Waals surface area (Å²) in [5.74, 6) is -0.0316. The van der Waals surface area contributed by atoms with Crippen LogP contribution < -0.4 is 16.0 Å². The van der Waals surface area contributed by atoms with Crippen molar-refractivity contribution in [1.29, 1.82) is 0 Å². The third kappa shape index (κ3) is 2.59. The van der Waals surface area contributed by atoms with Gasteiger partial charge in [0.25, 0.3) is 0 Å². The molecule has 0 aromatic heterocycles. The van der Waals surface area contributed by atoms with E-state index in [4.69, 9.17) is 0 Å². The van der Waals surface area contributed by atoms with Crippen LogP contribution in [-0.2, 0) is 4.79 Å². The Balaban J connectivity index is 1.68. The van der Waals surface area contributed by atoms with E-state index >= 15 is 0 Å². The van der Waals surface area contributed by atoms with E-state index in [1.54, 1.807) is 0 Å². The summed E-state index contributed by atoms with van der Waals surface area (Å²) >= 11 is 0. The van der Waals surface area contributed by atoms with Crippen molar-refractivity contribution < 1.29 is 4.79 Å². The van der Waals surface area contributed by atoms with Crippen LogP contribution in [0.15, 0.2) is 48.5 Å². The van der Waals surface area contributed by atoms with Crippen LogP contribution in [0, 0.1) is 6.92 Å². The van der Waals surface area contributed by atoms with Crippen molar-refractivity contribution in [2.24, 2.45) is 0 Å². The summed E-state index contributed by atoms with van der Waals surface area (Å²) in [6, 6.07) is 15.4. The van der Waals surface area contributed by atoms with Gasteiger partial charge in [0.15, 0.2) is 0 Å². The molecule has 0 radical (unpaired) electrons. The number of carbonyl (C=O) groups excluding carboxylic acids is 1. The average molecular weight is 267 g/mol. The highest BCUT2D eigenvalue weighted by molar-refractivity contribution is 5.98. The first kappa shape index (κ1) is 12.5. The SMILES string of the molecule is Cc1ccc(NC(=O)C2CNc3ccccc3N2)cc1. The Morgan fingerprint density at radius 1 is 1.10 bits per heavy atom. The second-order valence-corrected chi connectivity index (χ2v) is 4.98. The number of anilines is 3. The quantitative estimate of drug-likeness (QED) is 0.784. The molecule has 20 heavy (non-hydrogen) atoms. The fourth-order valence-corrected chi connectivity index (χ4v) is 2.24. The van der Waals surface area contributed by atoms with E-state index in [1.165, 1.54) is 5.56 Å². The highest BCUT2D eigenvalue weighted by Crippen LogP contribution is 2.25. The van der Waals surface area contributed by atoms with Crippen molar-refractivity contribution in [3.8, 4) is 0 Å². The molecule has 1 unspecified atom stereocenters. The predicted molar refractivity (Wildman–Crippen MR) is 82.2 cm³/mol. The van der Waals surface area contributed by atoms with E-state index in [2.05, 4.69) is 16.0 Å². The first-order valence-electron chi connectivity index (χ1n) is 6.69. The van der Waals surface area contributed by atoms with Gasteiger partial charge in [-0.2, -0.15) is 0 Å². The molecule has 0 bridgehead atoms. The van der Waals surface area contributed by atoms with E-state index in [0.29, 0.717) is 6.54 Å². The Morgan fingerprint density at radius 2 is 1.80 bits per heavy atom. The fourth-order valence-electron chi connectivity index (χ4n) is 2.24. The number of hydrogen-bond donors (Lipinski definition) is 3. The van der Waals surface area contributed by atoms with E-state index in [1.807, 2.05) is 55.5 Å². The molecule has 4 heteroatoms. The van der Waals surface area contributed by atoms with Crippen molar-refractivity contribution in [2.75, 3.05) is 22.5 Å². The first-order valence-corrected chi connectivity index (χ1v) is 6.69. The van der Waals surface area contributed by atoms with Gasteiger partial charge in [-0.25, -0.2) is 0 Å². The third-order valence-corrected chi connectivity index (χ3v) is 3.39. The van der Waals surface area contributed by atoms with Crippen LogP contribution in [0.5, 0.6) is 0 Å². The molecule has 4 nitrogen and oxygen atoms in total. The van der Waals surface area contributed by atoms with Gasteiger partial charge in [0.05, 0.1) is 11.4 Å². The number of amides is 1. The number of rotatable bonds is 2. The summed E-state index contributed by atoms with van der Waals surface area (Å²) in [7, 11) is 0. The standard InChI is InChI=1S/C16H17N3O/c1-11-6-8-12(9-7-11)18-16(20)15-10-17-13-4-2-3-5-14(13)19-15/h2-9,15,17,19H,10H2,1H3,(H,18,20). The predicted octanol–water partition coefficient (Wildman–Crippen LogP) is 2.84. The molecule has 0 aliphatic carbocycles. The summed E-state index contributed by atoms with van der Waals surface area (Å²) in [5, 5.41) is 9.45. The second-order valence-electron chi connectivity index (χ2n) is 4.98. The number of fused-ring (bicyclic) bond motifs is 1. The van der Waals surface area contributed by atoms with Gasteiger partial charge in [0, 0.05) is 12.2 Å². The lowest BCUT2D eigenvalue weighted by molar-refractivity contribution is -0.116. The van der Waals surface area contributed by atoms with E-state index < -0.39 is 0 Å². The topological polar surface area (TPSA) is 53.2 Å². The number of nitrogens with one attached hydrogen (secondary N) is 3. The molecule has 102 valence electrons. The van der Waals surface area contributed by atoms with E-state index in [9.17, 15) is 4.79 Å². The summed E-state index contributed by atoms with van der Waals surface area (Å²) in [5.41, 5.74) is 3.99. The van der Waals surface area contributed by atoms with Crippen LogP contribution >= 0.6 is 0 Å². The maximum Gasteiger partial charge on any atom is 0.248 e. The number of hydrogen-bond acceptors (Lipinski definition) is 3. The summed E-state index contributed by atoms with van der Waals surface area (Å²) in [6.45, 7) is 2.60. The molecule has 1 heterocycles. The molecular weight excluding hydrogens is 250 g/mol. The number of aryl methyl sites for hydroxylation is 1. The fraction of sp³-hybridized carbons (Fsp3) is 0.188. The normalized spacial score (nSPS) is 16.6. The Kier molecular flexibility index (Phi) is 3.29. The van der Waals surface area contributed by atoms with Crippen LogP contribution in [0.4, 0.5) is 17.1 Å². The van der Waals surface area contributed by atoms with Crippen LogP contribution in [0.3, 0.4) is 0 Å². The monoisotopic (exact) mass is 267 g/mol. The maximum atomic E-state index is 12.2. The molecule has 1 aliphatic heterocycles. The molecule has 1 aliphatic rings. The second kappa shape index (κ2) is 5.25.